The summed E-state index contributed by atoms with van der Waals surface area (Å²) in [5.41, 5.74) is -0.176. The second-order valence-electron chi connectivity index (χ2n) is 6.98. The number of ether oxygens (including phenoxy) is 1. The van der Waals surface area contributed by atoms with Gasteiger partial charge in [-0.25, -0.2) is 0 Å². The molecule has 19 heavy (non-hydrogen) atoms. The van der Waals surface area contributed by atoms with Crippen LogP contribution in [0.4, 0.5) is 0 Å². The van der Waals surface area contributed by atoms with E-state index in [4.69, 9.17) is 4.74 Å². The lowest BCUT2D eigenvalue weighted by atomic mass is 10.1. The highest BCUT2D eigenvalue weighted by atomic mass is 16.5. The van der Waals surface area contributed by atoms with Crippen LogP contribution in [0.25, 0.3) is 0 Å². The van der Waals surface area contributed by atoms with E-state index >= 15 is 0 Å². The average Bonchev–Trinajstić information content (AvgIpc) is 2.74. The lowest BCUT2D eigenvalue weighted by molar-refractivity contribution is -0.0479. The predicted molar refractivity (Wildman–Crippen MR) is 79.4 cm³/mol. The number of aliphatic hydroxyl groups excluding tert-OH is 1. The van der Waals surface area contributed by atoms with Crippen molar-refractivity contribution in [3.05, 3.63) is 0 Å². The Bertz CT molecular complexity index is 251. The molecule has 2 N–H and O–H groups in total. The van der Waals surface area contributed by atoms with Gasteiger partial charge in [0.1, 0.15) is 0 Å². The lowest BCUT2D eigenvalue weighted by Gasteiger charge is -2.23. The number of nitrogens with one attached hydrogen (secondary N) is 1. The van der Waals surface area contributed by atoms with Crippen LogP contribution in [-0.2, 0) is 4.74 Å². The Labute approximate surface area is 118 Å². The molecule has 0 aromatic heterocycles. The van der Waals surface area contributed by atoms with Gasteiger partial charge in [0.25, 0.3) is 0 Å². The zero-order valence-corrected chi connectivity index (χ0v) is 13.3. The van der Waals surface area contributed by atoms with Gasteiger partial charge in [0.15, 0.2) is 0 Å². The van der Waals surface area contributed by atoms with Crippen LogP contribution in [-0.4, -0.2) is 60.5 Å². The van der Waals surface area contributed by atoms with E-state index in [0.29, 0.717) is 19.2 Å². The van der Waals surface area contributed by atoms with E-state index in [-0.39, 0.29) is 5.60 Å². The van der Waals surface area contributed by atoms with Crippen LogP contribution in [0.15, 0.2) is 0 Å². The number of hydrogen-bond acceptors (Lipinski definition) is 4. The van der Waals surface area contributed by atoms with E-state index in [1.54, 1.807) is 0 Å². The topological polar surface area (TPSA) is 44.7 Å². The van der Waals surface area contributed by atoms with Gasteiger partial charge in [0, 0.05) is 19.1 Å². The molecule has 2 unspecified atom stereocenters. The molecule has 2 atom stereocenters. The van der Waals surface area contributed by atoms with Gasteiger partial charge in [-0.05, 0) is 60.0 Å². The van der Waals surface area contributed by atoms with Crippen molar-refractivity contribution >= 4 is 0 Å². The van der Waals surface area contributed by atoms with Gasteiger partial charge >= 0.3 is 0 Å². The minimum Gasteiger partial charge on any atom is -0.389 e. The summed E-state index contributed by atoms with van der Waals surface area (Å²) in [4.78, 5) is 2.52. The first-order valence-corrected chi connectivity index (χ1v) is 7.54. The zero-order valence-electron chi connectivity index (χ0n) is 13.3. The smallest absolute Gasteiger partial charge is 0.0897 e. The number of rotatable bonds is 7. The van der Waals surface area contributed by atoms with E-state index in [2.05, 4.69) is 24.1 Å². The highest BCUT2D eigenvalue weighted by molar-refractivity contribution is 4.79. The Hall–Kier alpha value is -0.160. The van der Waals surface area contributed by atoms with Crippen LogP contribution in [0.2, 0.25) is 0 Å². The fourth-order valence-corrected chi connectivity index (χ4v) is 2.36. The molecule has 4 nitrogen and oxygen atoms in total. The first kappa shape index (κ1) is 16.9. The molecule has 0 aliphatic carbocycles. The van der Waals surface area contributed by atoms with Gasteiger partial charge in [-0.1, -0.05) is 0 Å². The van der Waals surface area contributed by atoms with E-state index in [0.717, 1.165) is 12.5 Å². The Kier molecular flexibility index (Phi) is 6.74. The fourth-order valence-electron chi connectivity index (χ4n) is 2.36. The molecule has 0 bridgehead atoms. The van der Waals surface area contributed by atoms with E-state index < -0.39 is 6.10 Å². The highest BCUT2D eigenvalue weighted by Crippen LogP contribution is 2.17. The summed E-state index contributed by atoms with van der Waals surface area (Å²) in [6.07, 6.45) is 0.849. The summed E-state index contributed by atoms with van der Waals surface area (Å²) in [5, 5.41) is 13.2. The molecular formula is C15H32N2O2. The van der Waals surface area contributed by atoms with Crippen molar-refractivity contribution in [2.45, 2.75) is 58.8 Å². The summed E-state index contributed by atoms with van der Waals surface area (Å²) in [7, 11) is 0. The zero-order chi connectivity index (χ0) is 14.5. The maximum atomic E-state index is 9.83. The molecule has 1 heterocycles. The normalized spacial score (nSPS) is 23.2. The van der Waals surface area contributed by atoms with Crippen LogP contribution in [0, 0.1) is 5.92 Å². The van der Waals surface area contributed by atoms with Gasteiger partial charge < -0.3 is 20.1 Å². The third-order valence-electron chi connectivity index (χ3n) is 3.57. The van der Waals surface area contributed by atoms with Gasteiger partial charge in [0.05, 0.1) is 18.3 Å². The predicted octanol–water partition coefficient (Wildman–Crippen LogP) is 1.48. The van der Waals surface area contributed by atoms with E-state index in [9.17, 15) is 5.11 Å². The van der Waals surface area contributed by atoms with Crippen molar-refractivity contribution in [3.63, 3.8) is 0 Å². The Balaban J connectivity index is 2.07. The molecule has 0 spiro atoms. The number of nitrogens with zero attached hydrogens (tertiary/aromatic N) is 1. The van der Waals surface area contributed by atoms with Gasteiger partial charge in [-0.2, -0.15) is 0 Å². The summed E-state index contributed by atoms with van der Waals surface area (Å²) >= 11 is 0. The Morgan fingerprint density at radius 1 is 1.37 bits per heavy atom. The van der Waals surface area contributed by atoms with Gasteiger partial charge in [-0.3, -0.25) is 0 Å². The average molecular weight is 272 g/mol. The second-order valence-corrected chi connectivity index (χ2v) is 6.98. The molecule has 1 fully saturated rings. The molecule has 0 aromatic rings. The lowest BCUT2D eigenvalue weighted by Crippen LogP contribution is -2.36. The monoisotopic (exact) mass is 272 g/mol. The summed E-state index contributed by atoms with van der Waals surface area (Å²) in [6, 6.07) is 0.649. The first-order chi connectivity index (χ1) is 8.78. The van der Waals surface area contributed by atoms with E-state index in [1.807, 2.05) is 20.8 Å². The third kappa shape index (κ3) is 7.25. The number of aliphatic hydroxyl groups is 1. The molecule has 1 saturated heterocycles. The molecule has 114 valence electrons. The number of hydrogen-bond donors (Lipinski definition) is 2. The van der Waals surface area contributed by atoms with Crippen molar-refractivity contribution in [1.29, 1.82) is 0 Å². The molecular weight excluding hydrogens is 240 g/mol. The minimum absolute atomic E-state index is 0.176. The quantitative estimate of drug-likeness (QED) is 0.737. The summed E-state index contributed by atoms with van der Waals surface area (Å²) < 4.78 is 5.56. The third-order valence-corrected chi connectivity index (χ3v) is 3.57. The van der Waals surface area contributed by atoms with Crippen molar-refractivity contribution in [3.8, 4) is 0 Å². The molecule has 0 radical (unpaired) electrons. The molecule has 1 rings (SSSR count). The summed E-state index contributed by atoms with van der Waals surface area (Å²) in [6.45, 7) is 14.9. The molecule has 4 heteroatoms. The highest BCUT2D eigenvalue weighted by Gasteiger charge is 2.23. The molecule has 1 aliphatic heterocycles. The standard InChI is InChI=1S/C15H32N2O2/c1-12(2)17-7-6-13(10-17)8-16-9-14(18)11-19-15(3,4)5/h12-14,16,18H,6-11H2,1-5H3. The minimum atomic E-state index is -0.415. The SMILES string of the molecule is CC(C)N1CCC(CNCC(O)COC(C)(C)C)C1. The van der Waals surface area contributed by atoms with Gasteiger partial charge in [-0.15, -0.1) is 0 Å². The molecule has 0 saturated carbocycles. The van der Waals surface area contributed by atoms with Crippen molar-refractivity contribution in [1.82, 2.24) is 10.2 Å². The van der Waals surface area contributed by atoms with Crippen LogP contribution >= 0.6 is 0 Å². The van der Waals surface area contributed by atoms with E-state index in [1.165, 1.54) is 19.5 Å². The maximum Gasteiger partial charge on any atom is 0.0897 e. The molecule has 1 aliphatic rings. The second kappa shape index (κ2) is 7.58. The van der Waals surface area contributed by atoms with Crippen LogP contribution in [0.3, 0.4) is 0 Å². The van der Waals surface area contributed by atoms with Crippen molar-refractivity contribution < 1.29 is 9.84 Å². The van der Waals surface area contributed by atoms with Crippen LogP contribution < -0.4 is 5.32 Å². The fraction of sp³-hybridized carbons (Fsp3) is 1.00. The van der Waals surface area contributed by atoms with Crippen LogP contribution in [0.5, 0.6) is 0 Å². The largest absolute Gasteiger partial charge is 0.389 e. The molecule has 0 amide bonds. The maximum absolute atomic E-state index is 9.83. The molecule has 0 aromatic carbocycles. The Morgan fingerprint density at radius 2 is 2.05 bits per heavy atom. The van der Waals surface area contributed by atoms with Crippen molar-refractivity contribution in [2.75, 3.05) is 32.8 Å². The number of likely N-dealkylation sites (tertiary alicyclic amines) is 1. The first-order valence-electron chi connectivity index (χ1n) is 7.54. The Morgan fingerprint density at radius 3 is 2.58 bits per heavy atom. The van der Waals surface area contributed by atoms with Crippen LogP contribution in [0.1, 0.15) is 41.0 Å². The van der Waals surface area contributed by atoms with Gasteiger partial charge in [0.2, 0.25) is 0 Å². The van der Waals surface area contributed by atoms with Crippen molar-refractivity contribution in [2.24, 2.45) is 5.92 Å². The summed E-state index contributed by atoms with van der Waals surface area (Å²) in [5.74, 6) is 0.720.